The van der Waals surface area contributed by atoms with Crippen LogP contribution < -0.4 is 9.80 Å². The maximum atomic E-state index is 15.2. The molecular formula is C29H29F2N7O6. The summed E-state index contributed by atoms with van der Waals surface area (Å²) in [5, 5.41) is 0. The number of fused-ring (bicyclic) bond motifs is 1. The van der Waals surface area contributed by atoms with Gasteiger partial charge < -0.3 is 24.2 Å². The summed E-state index contributed by atoms with van der Waals surface area (Å²) in [7, 11) is 1.25. The van der Waals surface area contributed by atoms with E-state index in [1.54, 1.807) is 22.9 Å². The van der Waals surface area contributed by atoms with Crippen LogP contribution in [0.1, 0.15) is 23.3 Å². The number of imidazole rings is 1. The van der Waals surface area contributed by atoms with Crippen molar-refractivity contribution in [3.8, 4) is 12.3 Å². The SMILES string of the molecule is C#CCN(CC(=O)N1CCN(c2c(F)cc(N3C[C@H](CCC(=O)OC)OC3=O)cc2F)CC1)C(=O)c1cn2cccnc2n1. The average Bonchev–Trinajstić information content (AvgIpc) is 3.62. The molecule has 2 aliphatic rings. The van der Waals surface area contributed by atoms with Crippen LogP contribution in [0.25, 0.3) is 5.78 Å². The number of hydrogen-bond acceptors (Lipinski definition) is 9. The molecule has 2 aromatic heterocycles. The molecule has 230 valence electrons. The second kappa shape index (κ2) is 12.9. The van der Waals surface area contributed by atoms with E-state index in [9.17, 15) is 19.2 Å². The Labute approximate surface area is 250 Å². The van der Waals surface area contributed by atoms with Crippen molar-refractivity contribution < 1.29 is 37.4 Å². The van der Waals surface area contributed by atoms with Crippen LogP contribution in [-0.2, 0) is 19.1 Å². The molecule has 0 N–H and O–H groups in total. The molecule has 2 aliphatic heterocycles. The van der Waals surface area contributed by atoms with Gasteiger partial charge in [0.25, 0.3) is 5.91 Å². The molecular weight excluding hydrogens is 580 g/mol. The maximum Gasteiger partial charge on any atom is 0.414 e. The summed E-state index contributed by atoms with van der Waals surface area (Å²) in [4.78, 5) is 63.5. The van der Waals surface area contributed by atoms with Crippen molar-refractivity contribution >= 4 is 41.0 Å². The second-order valence-corrected chi connectivity index (χ2v) is 10.2. The number of terminal acetylenes is 1. The molecule has 3 aromatic rings. The van der Waals surface area contributed by atoms with E-state index in [-0.39, 0.29) is 81.6 Å². The minimum absolute atomic E-state index is 0.0113. The number of amides is 3. The van der Waals surface area contributed by atoms with Gasteiger partial charge in [-0.05, 0) is 12.5 Å². The fraction of sp³-hybridized carbons (Fsp3) is 0.379. The number of benzene rings is 1. The zero-order valence-electron chi connectivity index (χ0n) is 23.8. The highest BCUT2D eigenvalue weighted by atomic mass is 19.1. The van der Waals surface area contributed by atoms with Crippen molar-refractivity contribution in [1.82, 2.24) is 24.2 Å². The van der Waals surface area contributed by atoms with Gasteiger partial charge in [-0.1, -0.05) is 5.92 Å². The van der Waals surface area contributed by atoms with E-state index in [0.29, 0.717) is 5.78 Å². The van der Waals surface area contributed by atoms with E-state index >= 15 is 8.78 Å². The lowest BCUT2D eigenvalue weighted by Crippen LogP contribution is -2.52. The summed E-state index contributed by atoms with van der Waals surface area (Å²) >= 11 is 0. The standard InChI is InChI=1S/C29H29F2N7O6/c1-3-8-36(27(41)23-17-37-9-4-7-32-28(37)33-23)18-24(39)34-10-12-35(13-11-34)26-21(30)14-19(15-22(26)31)38-16-20(44-29(38)42)5-6-25(40)43-2/h1,4,7,9,14-15,17,20H,5-6,8,10-13,16,18H2,2H3/t20-/m0/s1. The highest BCUT2D eigenvalue weighted by molar-refractivity contribution is 5.95. The lowest BCUT2D eigenvalue weighted by Gasteiger charge is -2.37. The van der Waals surface area contributed by atoms with E-state index in [0.717, 1.165) is 17.0 Å². The number of nitrogens with zero attached hydrogens (tertiary/aromatic N) is 7. The highest BCUT2D eigenvalue weighted by Gasteiger charge is 2.34. The number of carbonyl (C=O) groups excluding carboxylic acids is 4. The van der Waals surface area contributed by atoms with Crippen LogP contribution in [0.5, 0.6) is 0 Å². The van der Waals surface area contributed by atoms with Gasteiger partial charge in [0.05, 0.1) is 25.9 Å². The Morgan fingerprint density at radius 3 is 2.57 bits per heavy atom. The van der Waals surface area contributed by atoms with Crippen molar-refractivity contribution in [1.29, 1.82) is 0 Å². The molecule has 4 heterocycles. The van der Waals surface area contributed by atoms with Gasteiger partial charge in [-0.2, -0.15) is 0 Å². The minimum atomic E-state index is -0.877. The predicted octanol–water partition coefficient (Wildman–Crippen LogP) is 1.71. The van der Waals surface area contributed by atoms with E-state index in [1.807, 2.05) is 0 Å². The number of esters is 1. The molecule has 1 aromatic carbocycles. The Morgan fingerprint density at radius 1 is 1.18 bits per heavy atom. The third kappa shape index (κ3) is 6.38. The molecule has 2 saturated heterocycles. The molecule has 0 radical (unpaired) electrons. The van der Waals surface area contributed by atoms with Gasteiger partial charge in [-0.3, -0.25) is 23.7 Å². The van der Waals surface area contributed by atoms with Gasteiger partial charge in [-0.15, -0.1) is 6.42 Å². The van der Waals surface area contributed by atoms with Gasteiger partial charge in [0.1, 0.15) is 24.0 Å². The molecule has 2 fully saturated rings. The number of carbonyl (C=O) groups is 4. The van der Waals surface area contributed by atoms with Crippen LogP contribution in [-0.4, -0.2) is 107 Å². The smallest absolute Gasteiger partial charge is 0.414 e. The Morgan fingerprint density at radius 2 is 1.91 bits per heavy atom. The fourth-order valence-electron chi connectivity index (χ4n) is 5.12. The van der Waals surface area contributed by atoms with Gasteiger partial charge >= 0.3 is 12.1 Å². The van der Waals surface area contributed by atoms with Gasteiger partial charge in [0.2, 0.25) is 11.7 Å². The first-order chi connectivity index (χ1) is 21.2. The maximum absolute atomic E-state index is 15.2. The quantitative estimate of drug-likeness (QED) is 0.263. The number of aromatic nitrogens is 3. The van der Waals surface area contributed by atoms with E-state index in [4.69, 9.17) is 11.2 Å². The molecule has 15 heteroatoms. The van der Waals surface area contributed by atoms with Crippen molar-refractivity contribution in [3.63, 3.8) is 0 Å². The Bertz CT molecular complexity index is 1580. The molecule has 5 rings (SSSR count). The van der Waals surface area contributed by atoms with Crippen LogP contribution in [0.4, 0.5) is 25.0 Å². The van der Waals surface area contributed by atoms with Crippen LogP contribution >= 0.6 is 0 Å². The Balaban J connectivity index is 1.19. The van der Waals surface area contributed by atoms with Gasteiger partial charge in [0.15, 0.2) is 11.6 Å². The number of rotatable bonds is 9. The number of cyclic esters (lactones) is 1. The lowest BCUT2D eigenvalue weighted by atomic mass is 10.1. The van der Waals surface area contributed by atoms with Crippen molar-refractivity contribution in [2.45, 2.75) is 18.9 Å². The molecule has 44 heavy (non-hydrogen) atoms. The van der Waals surface area contributed by atoms with Gasteiger partial charge in [-0.25, -0.2) is 23.5 Å². The number of methoxy groups -OCH3 is 1. The second-order valence-electron chi connectivity index (χ2n) is 10.2. The number of piperazine rings is 1. The fourth-order valence-corrected chi connectivity index (χ4v) is 5.12. The third-order valence-corrected chi connectivity index (χ3v) is 7.38. The summed E-state index contributed by atoms with van der Waals surface area (Å²) < 4.78 is 41.9. The van der Waals surface area contributed by atoms with Crippen molar-refractivity contribution in [3.05, 3.63) is 54.1 Å². The van der Waals surface area contributed by atoms with Crippen LogP contribution in [0.15, 0.2) is 36.8 Å². The molecule has 1 atom stereocenters. The molecule has 0 aliphatic carbocycles. The normalized spacial score (nSPS) is 16.5. The average molecular weight is 610 g/mol. The molecule has 0 spiro atoms. The Kier molecular flexibility index (Phi) is 8.88. The monoisotopic (exact) mass is 609 g/mol. The largest absolute Gasteiger partial charge is 0.469 e. The first-order valence-corrected chi connectivity index (χ1v) is 13.8. The summed E-state index contributed by atoms with van der Waals surface area (Å²) in [5.74, 6) is -0.399. The number of ether oxygens (including phenoxy) is 2. The first-order valence-electron chi connectivity index (χ1n) is 13.8. The lowest BCUT2D eigenvalue weighted by molar-refractivity contribution is -0.141. The van der Waals surface area contributed by atoms with Crippen LogP contribution in [0, 0.1) is 24.0 Å². The van der Waals surface area contributed by atoms with Crippen LogP contribution in [0.2, 0.25) is 0 Å². The summed E-state index contributed by atoms with van der Waals surface area (Å²) in [6.07, 6.45) is 9.04. The Hall–Kier alpha value is -5.26. The van der Waals surface area contributed by atoms with Gasteiger partial charge in [0, 0.05) is 63.3 Å². The summed E-state index contributed by atoms with van der Waals surface area (Å²) in [5.41, 5.74) is -0.201. The van der Waals surface area contributed by atoms with Crippen molar-refractivity contribution in [2.75, 3.05) is 62.7 Å². The highest BCUT2D eigenvalue weighted by Crippen LogP contribution is 2.32. The minimum Gasteiger partial charge on any atom is -0.469 e. The third-order valence-electron chi connectivity index (χ3n) is 7.38. The number of anilines is 2. The molecule has 0 saturated carbocycles. The summed E-state index contributed by atoms with van der Waals surface area (Å²) in [6.45, 7) is 0.164. The zero-order chi connectivity index (χ0) is 31.4. The molecule has 3 amide bonds. The van der Waals surface area contributed by atoms with Crippen molar-refractivity contribution in [2.24, 2.45) is 0 Å². The van der Waals surface area contributed by atoms with Crippen LogP contribution in [0.3, 0.4) is 0 Å². The number of hydrogen-bond donors (Lipinski definition) is 0. The van der Waals surface area contributed by atoms with E-state index in [2.05, 4.69) is 20.6 Å². The zero-order valence-corrected chi connectivity index (χ0v) is 23.8. The van der Waals surface area contributed by atoms with E-state index in [1.165, 1.54) is 28.0 Å². The first kappa shape index (κ1) is 30.2. The molecule has 13 nitrogen and oxygen atoms in total. The molecule has 0 bridgehead atoms. The number of halogens is 2. The molecule has 0 unspecified atom stereocenters. The topological polar surface area (TPSA) is 130 Å². The summed E-state index contributed by atoms with van der Waals surface area (Å²) in [6, 6.07) is 3.79. The van der Waals surface area contributed by atoms with E-state index < -0.39 is 35.7 Å². The predicted molar refractivity (Wildman–Crippen MR) is 152 cm³/mol.